The minimum Gasteiger partial charge on any atom is -0.465 e. The minimum absolute atomic E-state index is 0.0647. The zero-order valence-electron chi connectivity index (χ0n) is 22.6. The van der Waals surface area contributed by atoms with Crippen molar-refractivity contribution < 1.29 is 9.53 Å². The van der Waals surface area contributed by atoms with Crippen LogP contribution in [-0.2, 0) is 4.74 Å². The molecule has 0 aromatic heterocycles. The number of esters is 1. The van der Waals surface area contributed by atoms with E-state index in [-0.39, 0.29) is 11.8 Å². The lowest BCUT2D eigenvalue weighted by atomic mass is 10.1. The Morgan fingerprint density at radius 3 is 1.48 bits per heavy atom. The van der Waals surface area contributed by atoms with Crippen molar-refractivity contribution in [3.05, 3.63) is 157 Å². The van der Waals surface area contributed by atoms with Crippen molar-refractivity contribution in [2.24, 2.45) is 0 Å². The van der Waals surface area contributed by atoms with Gasteiger partial charge in [0.05, 0.1) is 18.5 Å². The summed E-state index contributed by atoms with van der Waals surface area (Å²) in [5.41, 5.74) is 1.72. The van der Waals surface area contributed by atoms with E-state index in [4.69, 9.17) is 4.74 Å². The van der Waals surface area contributed by atoms with E-state index in [1.807, 2.05) is 12.1 Å². The number of ether oxygens (including phenoxy) is 1. The second-order valence-corrected chi connectivity index (χ2v) is 14.0. The van der Waals surface area contributed by atoms with Gasteiger partial charge in [0.1, 0.15) is 0 Å². The fraction of sp³-hybridized carbons (Fsp3) is 0.114. The molecule has 0 aliphatic rings. The second kappa shape index (κ2) is 14.1. The molecule has 1 unspecified atom stereocenters. The van der Waals surface area contributed by atoms with Crippen LogP contribution < -0.4 is 26.5 Å². The Bertz CT molecular complexity index is 1390. The molecule has 0 radical (unpaired) electrons. The molecule has 200 valence electrons. The lowest BCUT2D eigenvalue weighted by molar-refractivity contribution is 0.0600. The largest absolute Gasteiger partial charge is 0.465 e. The van der Waals surface area contributed by atoms with Crippen molar-refractivity contribution >= 4 is 43.0 Å². The van der Waals surface area contributed by atoms with Gasteiger partial charge < -0.3 is 10.1 Å². The molecular formula is C35H33NO2P2. The van der Waals surface area contributed by atoms with E-state index in [2.05, 4.69) is 139 Å². The predicted octanol–water partition coefficient (Wildman–Crippen LogP) is 6.33. The third kappa shape index (κ3) is 6.93. The van der Waals surface area contributed by atoms with Gasteiger partial charge in [0, 0.05) is 6.54 Å². The zero-order valence-corrected chi connectivity index (χ0v) is 24.3. The van der Waals surface area contributed by atoms with Gasteiger partial charge in [0.15, 0.2) is 0 Å². The van der Waals surface area contributed by atoms with Crippen LogP contribution in [0.2, 0.25) is 0 Å². The first-order valence-electron chi connectivity index (χ1n) is 13.4. The van der Waals surface area contributed by atoms with E-state index in [9.17, 15) is 4.79 Å². The Morgan fingerprint density at radius 2 is 1.05 bits per heavy atom. The maximum atomic E-state index is 12.2. The minimum atomic E-state index is -0.779. The Labute approximate surface area is 239 Å². The molecule has 5 aromatic rings. The van der Waals surface area contributed by atoms with Gasteiger partial charge in [-0.1, -0.05) is 133 Å². The van der Waals surface area contributed by atoms with E-state index < -0.39 is 15.8 Å². The summed E-state index contributed by atoms with van der Waals surface area (Å²) < 4.78 is 4.95. The van der Waals surface area contributed by atoms with Gasteiger partial charge in [0.2, 0.25) is 0 Å². The average molecular weight is 562 g/mol. The summed E-state index contributed by atoms with van der Waals surface area (Å²) in [6.45, 7) is 0.859. The van der Waals surface area contributed by atoms with Gasteiger partial charge in [0.25, 0.3) is 0 Å². The first-order valence-corrected chi connectivity index (χ1v) is 16.4. The van der Waals surface area contributed by atoms with Crippen LogP contribution in [-0.4, -0.2) is 25.8 Å². The molecule has 5 aromatic carbocycles. The van der Waals surface area contributed by atoms with Crippen molar-refractivity contribution in [2.75, 3.05) is 19.8 Å². The molecule has 0 saturated carbocycles. The van der Waals surface area contributed by atoms with Gasteiger partial charge in [-0.3, -0.25) is 0 Å². The molecule has 40 heavy (non-hydrogen) atoms. The molecule has 0 fully saturated rings. The van der Waals surface area contributed by atoms with Crippen molar-refractivity contribution in [3.63, 3.8) is 0 Å². The number of carbonyl (C=O) groups excluding carboxylic acids is 1. The van der Waals surface area contributed by atoms with Gasteiger partial charge >= 0.3 is 5.97 Å². The van der Waals surface area contributed by atoms with Gasteiger partial charge in [-0.05, 0) is 60.9 Å². The number of rotatable bonds is 11. The van der Waals surface area contributed by atoms with Crippen molar-refractivity contribution in [2.45, 2.75) is 5.78 Å². The number of hydrogen-bond donors (Lipinski definition) is 1. The van der Waals surface area contributed by atoms with Gasteiger partial charge in [-0.15, -0.1) is 0 Å². The van der Waals surface area contributed by atoms with Crippen LogP contribution in [0.4, 0.5) is 0 Å². The summed E-state index contributed by atoms with van der Waals surface area (Å²) in [5.74, 6) is -0.254. The lowest BCUT2D eigenvalue weighted by Crippen LogP contribution is -2.30. The Morgan fingerprint density at radius 1 is 0.625 bits per heavy atom. The number of carbonyl (C=O) groups is 1. The monoisotopic (exact) mass is 561 g/mol. The van der Waals surface area contributed by atoms with Crippen LogP contribution in [0.3, 0.4) is 0 Å². The fourth-order valence-corrected chi connectivity index (χ4v) is 9.73. The number of hydrogen-bond acceptors (Lipinski definition) is 3. The van der Waals surface area contributed by atoms with Crippen LogP contribution >= 0.6 is 15.8 Å². The molecular weight excluding hydrogens is 528 g/mol. The number of benzene rings is 5. The molecule has 5 heteroatoms. The molecule has 0 bridgehead atoms. The molecule has 0 aliphatic carbocycles. The molecule has 0 spiro atoms. The molecule has 0 saturated heterocycles. The Kier molecular flexibility index (Phi) is 9.88. The first kappa shape index (κ1) is 27.9. The highest BCUT2D eigenvalue weighted by molar-refractivity contribution is 7.73. The highest BCUT2D eigenvalue weighted by atomic mass is 31.1. The standard InChI is InChI=1S/C35H33NO2P2/c1-38-35(37)29-24-22-28(23-25-29)34(40(32-18-10-4-11-19-32)33-20-12-5-13-21-33)36-26-27-39(30-14-6-2-7-15-30)31-16-8-3-9-17-31/h2-25,34,36H,26-27H2,1H3. The fourth-order valence-electron chi connectivity index (χ4n) is 4.84. The highest BCUT2D eigenvalue weighted by Crippen LogP contribution is 2.48. The SMILES string of the molecule is COC(=O)c1ccc(C(NCCP(c2ccccc2)c2ccccc2)P(c2ccccc2)c2ccccc2)cc1. The van der Waals surface area contributed by atoms with Crippen LogP contribution in [0.1, 0.15) is 21.7 Å². The lowest BCUT2D eigenvalue weighted by Gasteiger charge is -2.31. The maximum absolute atomic E-state index is 12.2. The van der Waals surface area contributed by atoms with Gasteiger partial charge in [-0.2, -0.15) is 0 Å². The van der Waals surface area contributed by atoms with Crippen LogP contribution in [0, 0.1) is 0 Å². The Hall–Kier alpha value is -3.61. The summed E-state index contributed by atoms with van der Waals surface area (Å²) in [6.07, 6.45) is 1.02. The van der Waals surface area contributed by atoms with Crippen molar-refractivity contribution in [1.29, 1.82) is 0 Å². The smallest absolute Gasteiger partial charge is 0.337 e. The summed E-state index contributed by atoms with van der Waals surface area (Å²) in [7, 11) is 0.130. The maximum Gasteiger partial charge on any atom is 0.337 e. The number of nitrogens with one attached hydrogen (secondary N) is 1. The van der Waals surface area contributed by atoms with E-state index in [1.54, 1.807) is 0 Å². The topological polar surface area (TPSA) is 38.3 Å². The van der Waals surface area contributed by atoms with E-state index in [0.29, 0.717) is 5.56 Å². The summed E-state index contributed by atoms with van der Waals surface area (Å²) in [5, 5.41) is 9.39. The first-order chi connectivity index (χ1) is 19.7. The third-order valence-corrected chi connectivity index (χ3v) is 12.0. The van der Waals surface area contributed by atoms with Crippen molar-refractivity contribution in [1.82, 2.24) is 5.32 Å². The highest BCUT2D eigenvalue weighted by Gasteiger charge is 2.27. The average Bonchev–Trinajstić information content (AvgIpc) is 3.04. The summed E-state index contributed by atoms with van der Waals surface area (Å²) in [6, 6.07) is 51.2. The molecule has 0 aliphatic heterocycles. The molecule has 5 rings (SSSR count). The molecule has 1 atom stereocenters. The normalized spacial score (nSPS) is 11.9. The Balaban J connectivity index is 1.49. The molecule has 0 amide bonds. The summed E-state index contributed by atoms with van der Waals surface area (Å²) in [4.78, 5) is 12.2. The molecule has 0 heterocycles. The van der Waals surface area contributed by atoms with Gasteiger partial charge in [-0.25, -0.2) is 4.79 Å². The molecule has 1 N–H and O–H groups in total. The predicted molar refractivity (Wildman–Crippen MR) is 172 cm³/mol. The second-order valence-electron chi connectivity index (χ2n) is 9.33. The van der Waals surface area contributed by atoms with Crippen LogP contribution in [0.5, 0.6) is 0 Å². The quantitative estimate of drug-likeness (QED) is 0.151. The van der Waals surface area contributed by atoms with E-state index >= 15 is 0 Å². The van der Waals surface area contributed by atoms with Crippen LogP contribution in [0.15, 0.2) is 146 Å². The zero-order chi connectivity index (χ0) is 27.6. The number of methoxy groups -OCH3 is 1. The van der Waals surface area contributed by atoms with Crippen molar-refractivity contribution in [3.8, 4) is 0 Å². The molecule has 3 nitrogen and oxygen atoms in total. The van der Waals surface area contributed by atoms with E-state index in [0.717, 1.165) is 18.3 Å². The summed E-state index contributed by atoms with van der Waals surface area (Å²) >= 11 is 0. The van der Waals surface area contributed by atoms with E-state index in [1.165, 1.54) is 28.3 Å². The van der Waals surface area contributed by atoms with Crippen LogP contribution in [0.25, 0.3) is 0 Å². The third-order valence-electron chi connectivity index (χ3n) is 6.78.